The molecule has 10 heteroatoms. The number of rotatable bonds is 13. The second kappa shape index (κ2) is 13.1. The van der Waals surface area contributed by atoms with Crippen LogP contribution in [0, 0.1) is 5.82 Å². The van der Waals surface area contributed by atoms with Crippen molar-refractivity contribution in [3.8, 4) is 0 Å². The van der Waals surface area contributed by atoms with Crippen LogP contribution in [0.1, 0.15) is 49.4 Å². The quantitative estimate of drug-likeness (QED) is 0.257. The molecule has 0 saturated heterocycles. The third kappa shape index (κ3) is 9.54. The number of nitrogens with one attached hydrogen (secondary N) is 2. The summed E-state index contributed by atoms with van der Waals surface area (Å²) in [7, 11) is 0. The maximum atomic E-state index is 12.8. The van der Waals surface area contributed by atoms with Gasteiger partial charge in [0.15, 0.2) is 6.23 Å². The molecule has 0 heterocycles. The fraction of sp³-hybridized carbons (Fsp3) is 0.474. The number of carbonyl (C=O) groups is 4. The van der Waals surface area contributed by atoms with Gasteiger partial charge in [0.1, 0.15) is 5.82 Å². The molecule has 160 valence electrons. The van der Waals surface area contributed by atoms with Crippen molar-refractivity contribution in [2.24, 2.45) is 0 Å². The van der Waals surface area contributed by atoms with Crippen molar-refractivity contribution in [3.05, 3.63) is 35.6 Å². The van der Waals surface area contributed by atoms with E-state index in [-0.39, 0.29) is 25.2 Å². The lowest BCUT2D eigenvalue weighted by molar-refractivity contribution is -0.147. The monoisotopic (exact) mass is 412 g/mol. The zero-order valence-corrected chi connectivity index (χ0v) is 16.1. The summed E-state index contributed by atoms with van der Waals surface area (Å²) in [6, 6.07) is 5.13. The zero-order valence-electron chi connectivity index (χ0n) is 16.1. The second-order valence-corrected chi connectivity index (χ2v) is 6.14. The van der Waals surface area contributed by atoms with Gasteiger partial charge in [0, 0.05) is 18.5 Å². The Morgan fingerprint density at radius 1 is 1.17 bits per heavy atom. The molecule has 1 aromatic carbocycles. The molecule has 1 aromatic rings. The van der Waals surface area contributed by atoms with E-state index >= 15 is 0 Å². The highest BCUT2D eigenvalue weighted by Crippen LogP contribution is 2.06. The molecule has 0 aliphatic rings. The highest BCUT2D eigenvalue weighted by molar-refractivity contribution is 5.94. The minimum atomic E-state index is -1.28. The summed E-state index contributed by atoms with van der Waals surface area (Å²) >= 11 is 0. The van der Waals surface area contributed by atoms with Gasteiger partial charge in [-0.2, -0.15) is 0 Å². The molecule has 29 heavy (non-hydrogen) atoms. The highest BCUT2D eigenvalue weighted by Gasteiger charge is 2.23. The lowest BCUT2D eigenvalue weighted by atomic mass is 10.2. The number of benzene rings is 1. The number of alkyl carbamates (subject to hydrolysis) is 1. The third-order valence-electron chi connectivity index (χ3n) is 3.86. The van der Waals surface area contributed by atoms with Crippen molar-refractivity contribution >= 4 is 24.4 Å². The Labute approximate surface area is 167 Å². The van der Waals surface area contributed by atoms with Crippen LogP contribution in [0.25, 0.3) is 0 Å². The maximum Gasteiger partial charge on any atom is 0.410 e. The number of ether oxygens (including phenoxy) is 2. The van der Waals surface area contributed by atoms with Crippen molar-refractivity contribution in [2.75, 3.05) is 6.54 Å². The van der Waals surface area contributed by atoms with Gasteiger partial charge < -0.3 is 19.9 Å². The fourth-order valence-corrected chi connectivity index (χ4v) is 2.39. The Morgan fingerprint density at radius 3 is 2.45 bits per heavy atom. The van der Waals surface area contributed by atoms with Gasteiger partial charge in [-0.05, 0) is 43.5 Å². The minimum absolute atomic E-state index is 0.162. The molecule has 0 saturated carbocycles. The predicted octanol–water partition coefficient (Wildman–Crippen LogP) is 2.20. The van der Waals surface area contributed by atoms with Crippen LogP contribution in [0.5, 0.6) is 0 Å². The van der Waals surface area contributed by atoms with Gasteiger partial charge in [-0.3, -0.25) is 14.9 Å². The molecule has 0 radical (unpaired) electrons. The molecule has 9 nitrogen and oxygen atoms in total. The van der Waals surface area contributed by atoms with Crippen LogP contribution in [-0.2, 0) is 19.1 Å². The van der Waals surface area contributed by atoms with Crippen LogP contribution in [0.2, 0.25) is 0 Å². The molecule has 3 N–H and O–H groups in total. The second-order valence-electron chi connectivity index (χ2n) is 6.14. The average Bonchev–Trinajstić information content (AvgIpc) is 2.67. The van der Waals surface area contributed by atoms with Crippen LogP contribution < -0.4 is 10.6 Å². The molecule has 0 unspecified atom stereocenters. The van der Waals surface area contributed by atoms with Crippen LogP contribution in [-0.4, -0.2) is 48.4 Å². The number of carbonyl (C=O) groups excluding carboxylic acids is 3. The van der Waals surface area contributed by atoms with Gasteiger partial charge in [0.25, 0.3) is 12.4 Å². The summed E-state index contributed by atoms with van der Waals surface area (Å²) in [5, 5.41) is 13.9. The molecule has 0 aliphatic carbocycles. The molecular weight excluding hydrogens is 387 g/mol. The molecule has 0 aliphatic heterocycles. The smallest absolute Gasteiger partial charge is 0.410 e. The molecule has 0 fully saturated rings. The minimum Gasteiger partial charge on any atom is -0.479 e. The fourth-order valence-electron chi connectivity index (χ4n) is 2.39. The molecule has 2 amide bonds. The van der Waals surface area contributed by atoms with E-state index < -0.39 is 30.2 Å². The van der Waals surface area contributed by atoms with E-state index in [1.807, 2.05) is 0 Å². The average molecular weight is 412 g/mol. The summed E-state index contributed by atoms with van der Waals surface area (Å²) in [5.74, 6) is -2.03. The van der Waals surface area contributed by atoms with Crippen molar-refractivity contribution in [2.45, 2.75) is 51.4 Å². The number of hydrogen-bond donors (Lipinski definition) is 3. The largest absolute Gasteiger partial charge is 0.479 e. The number of aliphatic carboxylic acids is 1. The SMILES string of the molecule is CCC[C@H](OC(=O)N[C@@H](CCCCNC(=O)c1ccc(F)cc1)OC=O)C(=O)O. The van der Waals surface area contributed by atoms with Gasteiger partial charge in [0.2, 0.25) is 6.10 Å². The normalized spacial score (nSPS) is 12.3. The maximum absolute atomic E-state index is 12.8. The number of halogens is 1. The number of carboxylic acids is 1. The van der Waals surface area contributed by atoms with E-state index in [0.29, 0.717) is 31.4 Å². The first-order valence-corrected chi connectivity index (χ1v) is 9.20. The van der Waals surface area contributed by atoms with E-state index in [4.69, 9.17) is 14.6 Å². The van der Waals surface area contributed by atoms with Crippen LogP contribution in [0.3, 0.4) is 0 Å². The Morgan fingerprint density at radius 2 is 1.86 bits per heavy atom. The molecule has 1 rings (SSSR count). The Balaban J connectivity index is 2.35. The Kier molecular flexibility index (Phi) is 10.8. The van der Waals surface area contributed by atoms with E-state index in [2.05, 4.69) is 10.6 Å². The molecule has 0 bridgehead atoms. The topological polar surface area (TPSA) is 131 Å². The summed E-state index contributed by atoms with van der Waals surface area (Å²) in [4.78, 5) is 45.3. The summed E-state index contributed by atoms with van der Waals surface area (Å²) in [5.41, 5.74) is 0.332. The van der Waals surface area contributed by atoms with Crippen molar-refractivity contribution in [1.82, 2.24) is 10.6 Å². The van der Waals surface area contributed by atoms with Crippen molar-refractivity contribution in [1.29, 1.82) is 0 Å². The van der Waals surface area contributed by atoms with E-state index in [1.54, 1.807) is 6.92 Å². The lowest BCUT2D eigenvalue weighted by Crippen LogP contribution is -2.40. The third-order valence-corrected chi connectivity index (χ3v) is 3.86. The van der Waals surface area contributed by atoms with Gasteiger partial charge >= 0.3 is 12.1 Å². The van der Waals surface area contributed by atoms with Crippen LogP contribution in [0.15, 0.2) is 24.3 Å². The Bertz CT molecular complexity index is 682. The first-order valence-electron chi connectivity index (χ1n) is 9.20. The van der Waals surface area contributed by atoms with Crippen LogP contribution in [0.4, 0.5) is 9.18 Å². The number of carboxylic acid groups (broad SMARTS) is 1. The predicted molar refractivity (Wildman–Crippen MR) is 99.5 cm³/mol. The summed E-state index contributed by atoms with van der Waals surface area (Å²) in [6.45, 7) is 2.25. The van der Waals surface area contributed by atoms with Crippen LogP contribution >= 0.6 is 0 Å². The lowest BCUT2D eigenvalue weighted by Gasteiger charge is -2.19. The van der Waals surface area contributed by atoms with Gasteiger partial charge in [-0.25, -0.2) is 14.0 Å². The standard InChI is InChI=1S/C19H25FN2O7/c1-2-5-15(18(25)26)29-19(27)22-16(28-12-23)6-3-4-11-21-17(24)13-7-9-14(20)10-8-13/h7-10,12,15-16H,2-6,11H2,1H3,(H,21,24)(H,22,27)(H,25,26)/t15-,16+/m0/s1. The number of amides is 2. The first-order chi connectivity index (χ1) is 13.9. The van der Waals surface area contributed by atoms with E-state index in [0.717, 1.165) is 0 Å². The number of unbranched alkanes of at least 4 members (excludes halogenated alkanes) is 1. The van der Waals surface area contributed by atoms with Gasteiger partial charge in [-0.15, -0.1) is 0 Å². The molecule has 2 atom stereocenters. The van der Waals surface area contributed by atoms with Crippen molar-refractivity contribution in [3.63, 3.8) is 0 Å². The van der Waals surface area contributed by atoms with Gasteiger partial charge in [0.05, 0.1) is 0 Å². The number of hydrogen-bond acceptors (Lipinski definition) is 6. The van der Waals surface area contributed by atoms with E-state index in [1.165, 1.54) is 24.3 Å². The van der Waals surface area contributed by atoms with Gasteiger partial charge in [-0.1, -0.05) is 13.3 Å². The molecule has 0 aromatic heterocycles. The zero-order chi connectivity index (χ0) is 21.6. The summed E-state index contributed by atoms with van der Waals surface area (Å²) in [6.07, 6.45) is -1.33. The molecular formula is C19H25FN2O7. The van der Waals surface area contributed by atoms with E-state index in [9.17, 15) is 23.6 Å². The highest BCUT2D eigenvalue weighted by atomic mass is 19.1. The first kappa shape index (κ1) is 23.9. The van der Waals surface area contributed by atoms with Crippen molar-refractivity contribution < 1.29 is 38.1 Å². The Hall–Kier alpha value is -3.17. The molecule has 0 spiro atoms. The summed E-state index contributed by atoms with van der Waals surface area (Å²) < 4.78 is 22.4.